The van der Waals surface area contributed by atoms with Gasteiger partial charge >= 0.3 is 10.4 Å². The Balaban J connectivity index is 0.841. The van der Waals surface area contributed by atoms with Crippen molar-refractivity contribution in [2.45, 2.75) is 182 Å². The number of likely N-dealkylation sites (N-methyl/N-ethyl adjacent to an activating group) is 1. The van der Waals surface area contributed by atoms with Crippen molar-refractivity contribution in [3.05, 3.63) is 60.4 Å². The Labute approximate surface area is 624 Å². The van der Waals surface area contributed by atoms with Crippen LogP contribution < -0.4 is 45.9 Å². The lowest BCUT2D eigenvalue weighted by molar-refractivity contribution is -0.147. The van der Waals surface area contributed by atoms with Crippen LogP contribution in [0.2, 0.25) is 0 Å². The maximum atomic E-state index is 15.1. The zero-order chi connectivity index (χ0) is 76.8. The number of hydrogen-bond donors (Lipinski definition) is 14. The van der Waals surface area contributed by atoms with Crippen LogP contribution in [0.1, 0.15) is 96.5 Å². The summed E-state index contributed by atoms with van der Waals surface area (Å²) in [5.41, 5.74) is 2.59. The highest BCUT2D eigenvalue weighted by molar-refractivity contribution is 7.81. The first kappa shape index (κ1) is 81.6. The van der Waals surface area contributed by atoms with Crippen molar-refractivity contribution in [2.24, 2.45) is 11.8 Å². The number of benzene rings is 2. The lowest BCUT2D eigenvalue weighted by Crippen LogP contribution is -2.64. The van der Waals surface area contributed by atoms with E-state index in [9.17, 15) is 77.5 Å². The molecule has 6 fully saturated rings. The first-order chi connectivity index (χ1) is 51.1. The van der Waals surface area contributed by atoms with E-state index in [1.807, 2.05) is 41.6 Å². The Morgan fingerprint density at radius 3 is 2.07 bits per heavy atom. The molecule has 6 aliphatic rings. The van der Waals surface area contributed by atoms with Gasteiger partial charge in [-0.2, -0.15) is 8.42 Å². The van der Waals surface area contributed by atoms with Crippen LogP contribution in [0.25, 0.3) is 21.7 Å². The lowest BCUT2D eigenvalue weighted by Gasteiger charge is -2.34. The molecule has 4 aromatic rings. The number of carbonyl (C=O) groups is 7. The number of aromatic hydroxyl groups is 1. The number of amides is 7. The van der Waals surface area contributed by atoms with Gasteiger partial charge in [0.15, 0.2) is 11.5 Å². The number of ether oxygens (including phenoxy) is 2. The van der Waals surface area contributed by atoms with Gasteiger partial charge in [0, 0.05) is 115 Å². The average Bonchev–Trinajstić information content (AvgIpc) is 1.66. The van der Waals surface area contributed by atoms with Gasteiger partial charge in [-0.1, -0.05) is 67.9 Å². The number of nitrogens with zero attached hydrogens (tertiary/aromatic N) is 9. The van der Waals surface area contributed by atoms with Crippen molar-refractivity contribution in [2.75, 3.05) is 103 Å². The van der Waals surface area contributed by atoms with Crippen LogP contribution in [0.4, 0.5) is 11.1 Å². The number of phenols is 1. The van der Waals surface area contributed by atoms with Crippen LogP contribution in [-0.2, 0) is 59.9 Å². The summed E-state index contributed by atoms with van der Waals surface area (Å²) in [5.74, 6) is -9.63. The molecule has 35 nitrogen and oxygen atoms in total. The smallest absolute Gasteiger partial charge is 0.446 e. The monoisotopic (exact) mass is 1540 g/mol. The van der Waals surface area contributed by atoms with Crippen molar-refractivity contribution in [1.29, 1.82) is 0 Å². The van der Waals surface area contributed by atoms with Crippen molar-refractivity contribution in [3.63, 3.8) is 0 Å². The van der Waals surface area contributed by atoms with Crippen LogP contribution in [0.5, 0.6) is 11.5 Å². The fourth-order valence-electron chi connectivity index (χ4n) is 14.5. The summed E-state index contributed by atoms with van der Waals surface area (Å²) >= 11 is 1.44. The molecule has 7 amide bonds. The summed E-state index contributed by atoms with van der Waals surface area (Å²) in [5, 5.41) is 106. The Hall–Kier alpha value is -7.92. The first-order valence-electron chi connectivity index (χ1n) is 36.6. The third-order valence-corrected chi connectivity index (χ3v) is 22.1. The first-order valence-corrected chi connectivity index (χ1v) is 38.7. The van der Waals surface area contributed by atoms with E-state index < -0.39 is 181 Å². The van der Waals surface area contributed by atoms with Gasteiger partial charge < -0.3 is 106 Å². The number of anilines is 2. The topological polar surface area (TPSA) is 483 Å². The SMILES string of the molecule is COCCN(C)CCNC(=O)C[C@@H](O)[C@@H]1NC(=O)[C@H]([C@H](O)Cc2ccc(O)c(OS(=O)(=O)O)c2)NC(=O)[C@@H]2C[C@@H](O)CN2C(=O)[C@H]([C@@H](C)O)NC(=O)[C@@H](NCC2CCN(c3nnc(-c4ccc(-c5cnc(N6CCC(OC7CCCCC7)CC6)nc5)cc4)s3)CC2)C[C@@H](O)CNC(=O)[C@@H]2[C@@H](O)[C@@H](C)CN2C1=O. The van der Waals surface area contributed by atoms with E-state index in [-0.39, 0.29) is 37.2 Å². The molecule has 0 radical (unpaired) electrons. The normalized spacial score (nSPS) is 26.3. The van der Waals surface area contributed by atoms with E-state index in [4.69, 9.17) is 19.4 Å². The van der Waals surface area contributed by atoms with Gasteiger partial charge in [0.05, 0.1) is 67.9 Å². The number of nitrogens with one attached hydrogen (secondary N) is 6. The van der Waals surface area contributed by atoms with E-state index >= 15 is 4.79 Å². The zero-order valence-corrected chi connectivity index (χ0v) is 62.1. The number of phenolic OH excluding ortho intramolecular Hbond substituents is 1. The predicted molar refractivity (Wildman–Crippen MR) is 387 cm³/mol. The highest BCUT2D eigenvalue weighted by Gasteiger charge is 2.50. The number of rotatable bonds is 24. The highest BCUT2D eigenvalue weighted by atomic mass is 32.3. The van der Waals surface area contributed by atoms with Crippen molar-refractivity contribution in [3.8, 4) is 33.2 Å². The fourth-order valence-corrected chi connectivity index (χ4v) is 15.8. The number of methoxy groups -OCH3 is 1. The summed E-state index contributed by atoms with van der Waals surface area (Å²) in [7, 11) is -1.96. The molecule has 37 heteroatoms. The predicted octanol–water partition coefficient (Wildman–Crippen LogP) is -2.02. The second kappa shape index (κ2) is 37.5. The molecule has 5 saturated heterocycles. The van der Waals surface area contributed by atoms with Crippen molar-refractivity contribution in [1.82, 2.24) is 66.8 Å². The van der Waals surface area contributed by atoms with E-state index in [2.05, 4.69) is 56.1 Å². The van der Waals surface area contributed by atoms with Crippen LogP contribution >= 0.6 is 11.3 Å². The molecule has 107 heavy (non-hydrogen) atoms. The molecule has 5 aliphatic heterocycles. The van der Waals surface area contributed by atoms with Crippen LogP contribution in [-0.4, -0.2) is 303 Å². The number of aliphatic hydroxyl groups excluding tert-OH is 6. The number of aromatic nitrogens is 4. The Kier molecular flexibility index (Phi) is 28.6. The molecule has 0 unspecified atom stereocenters. The minimum atomic E-state index is -5.24. The lowest BCUT2D eigenvalue weighted by atomic mass is 9.96. The summed E-state index contributed by atoms with van der Waals surface area (Å²) in [6.45, 7) is 5.34. The summed E-state index contributed by atoms with van der Waals surface area (Å²) in [4.78, 5) is 120. The third kappa shape index (κ3) is 22.0. The Bertz CT molecular complexity index is 3790. The molecule has 14 N–H and O–H groups in total. The molecule has 2 aromatic heterocycles. The third-order valence-electron chi connectivity index (χ3n) is 20.7. The van der Waals surface area contributed by atoms with Gasteiger partial charge in [0.25, 0.3) is 0 Å². The second-order valence-electron chi connectivity index (χ2n) is 28.8. The molecule has 1 aliphatic carbocycles. The minimum absolute atomic E-state index is 0.0422. The van der Waals surface area contributed by atoms with E-state index in [1.54, 1.807) is 7.05 Å². The van der Waals surface area contributed by atoms with Gasteiger partial charge in [0.1, 0.15) is 35.2 Å². The van der Waals surface area contributed by atoms with E-state index in [0.29, 0.717) is 67.8 Å². The number of hydrogen-bond acceptors (Lipinski definition) is 28. The Morgan fingerprint density at radius 1 is 0.738 bits per heavy atom. The quantitative estimate of drug-likeness (QED) is 0.0337. The molecule has 10 rings (SSSR count). The maximum absolute atomic E-state index is 15.1. The highest BCUT2D eigenvalue weighted by Crippen LogP contribution is 2.35. The molecule has 588 valence electrons. The van der Waals surface area contributed by atoms with Crippen molar-refractivity contribution < 1.29 is 95.9 Å². The standard InChI is InChI=1S/C70H101N15O20S2/c1-39-37-85-60(61(39)93)65(97)73-36-46(87)30-50(72-33-41-16-21-83(22-17-41)70-80-79-66(106-70)44-13-11-43(12-14-44)45-34-74-69(75-35-45)82-23-18-49(19-24-82)104-48-8-6-5-7-9-48)62(94)76-57(40(2)86)67(98)84-38-47(88)31-51(84)63(95)77-58(53(90)28-42-10-15-52(89)55(29-42)105-107(100,101)102)64(96)78-59(68(85)99)54(91)32-56(92)71-20-25-81(3)26-27-103-4/h10-15,29,34-35,39-41,46-51,53-54,57-61,72,86-91,93H,5-9,16-28,30-33,36-38H2,1-4H3,(H,71,92)(H,73,97)(H,76,94)(H,77,95)(H,78,96)(H,100,101,102)/t39-,40+,46+,47+,50-,51-,53+,54+,57-,58-,59-,60-,61-/m0/s1. The molecular weight excluding hydrogens is 1430 g/mol. The van der Waals surface area contributed by atoms with Gasteiger partial charge in [-0.3, -0.25) is 38.1 Å². The number of carbonyl (C=O) groups excluding carboxylic acids is 7. The Morgan fingerprint density at radius 2 is 1.39 bits per heavy atom. The zero-order valence-electron chi connectivity index (χ0n) is 60.4. The van der Waals surface area contributed by atoms with E-state index in [0.717, 1.165) is 83.5 Å². The molecular formula is C70H101N15O20S2. The number of fused-ring (bicyclic) bond motifs is 2. The largest absolute Gasteiger partial charge is 0.504 e. The maximum Gasteiger partial charge on any atom is 0.446 e. The fraction of sp³-hybridized carbons (Fsp3) is 0.643. The molecule has 0 spiro atoms. The number of β-amino-alcohol motifs (C(OH)–C–C–N with tert-alkyl or cyclic N) is 1. The van der Waals surface area contributed by atoms with Crippen LogP contribution in [0.15, 0.2) is 54.9 Å². The van der Waals surface area contributed by atoms with Crippen LogP contribution in [0, 0.1) is 11.8 Å². The van der Waals surface area contributed by atoms with Crippen molar-refractivity contribution >= 4 is 74.2 Å². The minimum Gasteiger partial charge on any atom is -0.504 e. The number of aliphatic hydroxyl groups is 6. The van der Waals surface area contributed by atoms with Gasteiger partial charge in [-0.15, -0.1) is 10.2 Å². The molecule has 0 bridgehead atoms. The van der Waals surface area contributed by atoms with E-state index in [1.165, 1.54) is 51.6 Å². The second-order valence-corrected chi connectivity index (χ2v) is 30.8. The average molecular weight is 1540 g/mol. The van der Waals surface area contributed by atoms with Gasteiger partial charge in [-0.25, -0.2) is 9.97 Å². The summed E-state index contributed by atoms with van der Waals surface area (Å²) in [6, 6.07) is -0.309. The van der Waals surface area contributed by atoms with Gasteiger partial charge in [-0.05, 0) is 94.6 Å². The molecule has 2 aromatic carbocycles. The summed E-state index contributed by atoms with van der Waals surface area (Å²) in [6.07, 6.45) is 0.377. The molecule has 13 atom stereocenters. The van der Waals surface area contributed by atoms with Gasteiger partial charge in [0.2, 0.25) is 52.4 Å². The molecule has 1 saturated carbocycles. The molecule has 7 heterocycles. The number of piperidine rings is 2. The van der Waals surface area contributed by atoms with Crippen LogP contribution in [0.3, 0.4) is 0 Å². The summed E-state index contributed by atoms with van der Waals surface area (Å²) < 4.78 is 48.8.